The highest BCUT2D eigenvalue weighted by molar-refractivity contribution is 5.63. The average molecular weight is 192 g/mol. The molecule has 0 unspecified atom stereocenters. The molecule has 0 heterocycles. The lowest BCUT2D eigenvalue weighted by molar-refractivity contribution is -0.155. The first-order valence-corrected chi connectivity index (χ1v) is 4.17. The summed E-state index contributed by atoms with van der Waals surface area (Å²) in [5.74, 6) is 0. The van der Waals surface area contributed by atoms with Gasteiger partial charge in [0.25, 0.3) is 0 Å². The van der Waals surface area contributed by atoms with Crippen LogP contribution in [0.4, 0.5) is 0 Å². The number of aliphatic hydroxyl groups is 4. The molecule has 5 nitrogen and oxygen atoms in total. The second-order valence-corrected chi connectivity index (χ2v) is 3.05. The molecule has 3 atom stereocenters. The average Bonchev–Trinajstić information content (AvgIpc) is 2.15. The summed E-state index contributed by atoms with van der Waals surface area (Å²) < 4.78 is 0. The molecule has 0 aromatic heterocycles. The quantitative estimate of drug-likeness (QED) is 0.381. The molecular formula is C8H16O5. The van der Waals surface area contributed by atoms with E-state index in [4.69, 9.17) is 10.2 Å². The van der Waals surface area contributed by atoms with Gasteiger partial charge in [-0.1, -0.05) is 13.3 Å². The highest BCUT2D eigenvalue weighted by Gasteiger charge is 2.38. The zero-order chi connectivity index (χ0) is 10.5. The number of rotatable bonds is 6. The molecule has 5 heteroatoms. The van der Waals surface area contributed by atoms with Crippen LogP contribution in [-0.4, -0.2) is 51.1 Å². The van der Waals surface area contributed by atoms with E-state index in [1.807, 2.05) is 0 Å². The first-order valence-electron chi connectivity index (χ1n) is 4.17. The van der Waals surface area contributed by atoms with Crippen molar-refractivity contribution in [3.63, 3.8) is 0 Å². The van der Waals surface area contributed by atoms with E-state index in [2.05, 4.69) is 0 Å². The van der Waals surface area contributed by atoms with Crippen LogP contribution in [0.25, 0.3) is 0 Å². The first kappa shape index (κ1) is 12.5. The van der Waals surface area contributed by atoms with Gasteiger partial charge < -0.3 is 25.2 Å². The Morgan fingerprint density at radius 3 is 2.31 bits per heavy atom. The molecule has 0 saturated heterocycles. The number of hydrogen-bond acceptors (Lipinski definition) is 5. The van der Waals surface area contributed by atoms with Crippen molar-refractivity contribution < 1.29 is 25.2 Å². The van der Waals surface area contributed by atoms with Gasteiger partial charge in [0.2, 0.25) is 0 Å². The Bertz CT molecular complexity index is 161. The van der Waals surface area contributed by atoms with Crippen molar-refractivity contribution >= 4 is 6.29 Å². The minimum absolute atomic E-state index is 0.0503. The minimum atomic E-state index is -1.96. The van der Waals surface area contributed by atoms with E-state index in [-0.39, 0.29) is 12.7 Å². The Morgan fingerprint density at radius 2 is 2.00 bits per heavy atom. The smallest absolute Gasteiger partial charge is 0.154 e. The maximum absolute atomic E-state index is 10.5. The molecule has 0 aromatic carbocycles. The fourth-order valence-corrected chi connectivity index (χ4v) is 1.11. The van der Waals surface area contributed by atoms with Crippen molar-refractivity contribution in [3.05, 3.63) is 0 Å². The van der Waals surface area contributed by atoms with Gasteiger partial charge in [-0.3, -0.25) is 0 Å². The third-order valence-electron chi connectivity index (χ3n) is 1.92. The molecule has 0 saturated carbocycles. The van der Waals surface area contributed by atoms with Crippen LogP contribution in [-0.2, 0) is 4.79 Å². The zero-order valence-corrected chi connectivity index (χ0v) is 7.55. The van der Waals surface area contributed by atoms with Gasteiger partial charge in [0.15, 0.2) is 6.29 Å². The fraction of sp³-hybridized carbons (Fsp3) is 0.875. The van der Waals surface area contributed by atoms with E-state index >= 15 is 0 Å². The van der Waals surface area contributed by atoms with Gasteiger partial charge in [-0.05, 0) is 6.42 Å². The number of carbonyl (C=O) groups is 1. The summed E-state index contributed by atoms with van der Waals surface area (Å²) in [6, 6.07) is 0. The van der Waals surface area contributed by atoms with E-state index in [9.17, 15) is 15.0 Å². The molecule has 4 N–H and O–H groups in total. The van der Waals surface area contributed by atoms with Crippen LogP contribution in [0, 0.1) is 0 Å². The lowest BCUT2D eigenvalue weighted by atomic mass is 9.90. The molecule has 0 spiro atoms. The third kappa shape index (κ3) is 3.04. The Hall–Kier alpha value is -0.490. The number of hydrogen-bond donors (Lipinski definition) is 4. The number of carbonyl (C=O) groups excluding carboxylic acids is 1. The SMILES string of the molecule is CCC[C@](O)(C=O)[C@H](O)[C@H](O)CO. The van der Waals surface area contributed by atoms with Gasteiger partial charge in [0, 0.05) is 0 Å². The molecule has 0 rings (SSSR count). The maximum Gasteiger partial charge on any atom is 0.154 e. The molecule has 0 radical (unpaired) electrons. The molecule has 0 aliphatic rings. The van der Waals surface area contributed by atoms with Gasteiger partial charge in [0.05, 0.1) is 6.61 Å². The van der Waals surface area contributed by atoms with Gasteiger partial charge in [-0.2, -0.15) is 0 Å². The summed E-state index contributed by atoms with van der Waals surface area (Å²) in [5.41, 5.74) is -1.96. The standard InChI is InChI=1S/C8H16O5/c1-2-3-8(13,5-10)7(12)6(11)4-9/h5-7,9,11-13H,2-4H2,1H3/t6-,7-,8+/m1/s1. The predicted octanol–water partition coefficient (Wildman–Crippen LogP) is -1.57. The predicted molar refractivity (Wildman–Crippen MR) is 45.0 cm³/mol. The van der Waals surface area contributed by atoms with Crippen LogP contribution >= 0.6 is 0 Å². The lowest BCUT2D eigenvalue weighted by Crippen LogP contribution is -2.51. The van der Waals surface area contributed by atoms with Crippen LogP contribution in [0.3, 0.4) is 0 Å². The van der Waals surface area contributed by atoms with Gasteiger partial charge in [-0.25, -0.2) is 0 Å². The van der Waals surface area contributed by atoms with Crippen LogP contribution in [0.5, 0.6) is 0 Å². The topological polar surface area (TPSA) is 98.0 Å². The van der Waals surface area contributed by atoms with Crippen molar-refractivity contribution in [2.24, 2.45) is 0 Å². The second kappa shape index (κ2) is 5.29. The summed E-state index contributed by atoms with van der Waals surface area (Å²) in [4.78, 5) is 10.5. The highest BCUT2D eigenvalue weighted by atomic mass is 16.4. The Morgan fingerprint density at radius 1 is 1.46 bits per heavy atom. The zero-order valence-electron chi connectivity index (χ0n) is 7.55. The van der Waals surface area contributed by atoms with Crippen molar-refractivity contribution in [1.82, 2.24) is 0 Å². The normalized spacial score (nSPS) is 20.4. The van der Waals surface area contributed by atoms with Crippen molar-refractivity contribution in [2.75, 3.05) is 6.61 Å². The minimum Gasteiger partial charge on any atom is -0.394 e. The molecule has 0 aliphatic carbocycles. The Balaban J connectivity index is 4.44. The van der Waals surface area contributed by atoms with Crippen LogP contribution in [0.15, 0.2) is 0 Å². The van der Waals surface area contributed by atoms with Crippen LogP contribution < -0.4 is 0 Å². The summed E-state index contributed by atoms with van der Waals surface area (Å²) in [7, 11) is 0. The Kier molecular flexibility index (Phi) is 5.09. The molecule has 0 aromatic rings. The molecular weight excluding hydrogens is 176 g/mol. The summed E-state index contributed by atoms with van der Waals surface area (Å²) in [5, 5.41) is 36.3. The summed E-state index contributed by atoms with van der Waals surface area (Å²) >= 11 is 0. The molecule has 0 aliphatic heterocycles. The third-order valence-corrected chi connectivity index (χ3v) is 1.92. The number of aldehydes is 1. The van der Waals surface area contributed by atoms with Crippen LogP contribution in [0.2, 0.25) is 0 Å². The summed E-state index contributed by atoms with van der Waals surface area (Å²) in [6.45, 7) is 1.04. The maximum atomic E-state index is 10.5. The van der Waals surface area contributed by atoms with Crippen molar-refractivity contribution in [3.8, 4) is 0 Å². The lowest BCUT2D eigenvalue weighted by Gasteiger charge is -2.29. The van der Waals surface area contributed by atoms with Gasteiger partial charge in [0.1, 0.15) is 17.8 Å². The molecule has 0 amide bonds. The summed E-state index contributed by atoms with van der Waals surface area (Å²) in [6.07, 6.45) is -2.41. The van der Waals surface area contributed by atoms with E-state index in [0.717, 1.165) is 0 Å². The van der Waals surface area contributed by atoms with Crippen molar-refractivity contribution in [1.29, 1.82) is 0 Å². The second-order valence-electron chi connectivity index (χ2n) is 3.05. The van der Waals surface area contributed by atoms with Gasteiger partial charge in [-0.15, -0.1) is 0 Å². The first-order chi connectivity index (χ1) is 6.01. The van der Waals surface area contributed by atoms with E-state index in [1.54, 1.807) is 6.92 Å². The van der Waals surface area contributed by atoms with Gasteiger partial charge >= 0.3 is 0 Å². The van der Waals surface area contributed by atoms with Crippen LogP contribution in [0.1, 0.15) is 19.8 Å². The fourth-order valence-electron chi connectivity index (χ4n) is 1.11. The Labute approximate surface area is 76.6 Å². The molecule has 0 bridgehead atoms. The van der Waals surface area contributed by atoms with E-state index in [0.29, 0.717) is 6.42 Å². The monoisotopic (exact) mass is 192 g/mol. The number of aliphatic hydroxyl groups excluding tert-OH is 3. The van der Waals surface area contributed by atoms with Crippen molar-refractivity contribution in [2.45, 2.75) is 37.6 Å². The largest absolute Gasteiger partial charge is 0.394 e. The molecule has 78 valence electrons. The molecule has 0 fully saturated rings. The molecule has 13 heavy (non-hydrogen) atoms. The van der Waals surface area contributed by atoms with E-state index < -0.39 is 24.4 Å². The highest BCUT2D eigenvalue weighted by Crippen LogP contribution is 2.17. The van der Waals surface area contributed by atoms with E-state index in [1.165, 1.54) is 0 Å².